The van der Waals surface area contributed by atoms with Gasteiger partial charge in [-0.3, -0.25) is 9.89 Å². The van der Waals surface area contributed by atoms with E-state index in [0.717, 1.165) is 6.54 Å². The molecular weight excluding hydrogens is 507 g/mol. The van der Waals surface area contributed by atoms with Crippen molar-refractivity contribution in [3.8, 4) is 0 Å². The number of halogens is 1. The number of nitrogens with zero attached hydrogens (tertiary/aromatic N) is 2. The number of ether oxygens (including phenoxy) is 1. The van der Waals surface area contributed by atoms with Crippen LogP contribution in [-0.2, 0) is 24.4 Å². The summed E-state index contributed by atoms with van der Waals surface area (Å²) in [5.74, 6) is 1.47. The molecular formula is C23H33IN4O3. The van der Waals surface area contributed by atoms with Crippen molar-refractivity contribution < 1.29 is 13.9 Å². The molecule has 1 saturated heterocycles. The first-order valence-electron chi connectivity index (χ1n) is 10.5. The first-order chi connectivity index (χ1) is 14.6. The summed E-state index contributed by atoms with van der Waals surface area (Å²) in [6, 6.07) is 10.4. The lowest BCUT2D eigenvalue weighted by molar-refractivity contribution is 0.0599. The fourth-order valence-electron chi connectivity index (χ4n) is 3.66. The molecule has 1 aromatic carbocycles. The lowest BCUT2D eigenvalue weighted by Gasteiger charge is -2.26. The van der Waals surface area contributed by atoms with Gasteiger partial charge in [0.2, 0.25) is 0 Å². The minimum absolute atomic E-state index is 0. The normalized spacial score (nSPS) is 14.6. The van der Waals surface area contributed by atoms with Gasteiger partial charge in [-0.15, -0.1) is 24.0 Å². The van der Waals surface area contributed by atoms with Gasteiger partial charge in [-0.25, -0.2) is 4.79 Å². The van der Waals surface area contributed by atoms with Gasteiger partial charge in [-0.2, -0.15) is 0 Å². The zero-order valence-electron chi connectivity index (χ0n) is 18.6. The Hall–Kier alpha value is -2.07. The predicted octanol–water partition coefficient (Wildman–Crippen LogP) is 3.84. The molecule has 0 spiro atoms. The molecule has 2 aromatic rings. The van der Waals surface area contributed by atoms with E-state index < -0.39 is 5.97 Å². The van der Waals surface area contributed by atoms with Crippen LogP contribution in [0, 0.1) is 6.92 Å². The van der Waals surface area contributed by atoms with Crippen LogP contribution in [0.2, 0.25) is 0 Å². The molecule has 0 radical (unpaired) electrons. The van der Waals surface area contributed by atoms with Gasteiger partial charge in [0.05, 0.1) is 13.7 Å². The topological polar surface area (TPSA) is 79.1 Å². The van der Waals surface area contributed by atoms with Crippen molar-refractivity contribution in [2.45, 2.75) is 45.8 Å². The number of furan rings is 1. The van der Waals surface area contributed by atoms with Crippen molar-refractivity contribution in [3.05, 3.63) is 58.5 Å². The Bertz CT molecular complexity index is 858. The van der Waals surface area contributed by atoms with Crippen molar-refractivity contribution in [1.82, 2.24) is 15.5 Å². The molecule has 2 heterocycles. The zero-order chi connectivity index (χ0) is 21.3. The highest BCUT2D eigenvalue weighted by atomic mass is 127. The largest absolute Gasteiger partial charge is 0.465 e. The molecule has 0 saturated carbocycles. The molecule has 2 N–H and O–H groups in total. The van der Waals surface area contributed by atoms with E-state index in [1.165, 1.54) is 50.6 Å². The number of esters is 1. The number of aryl methyl sites for hydroxylation is 1. The van der Waals surface area contributed by atoms with Crippen LogP contribution in [0.3, 0.4) is 0 Å². The Balaban J connectivity index is 0.00000341. The van der Waals surface area contributed by atoms with Crippen LogP contribution in [-0.4, -0.2) is 44.1 Å². The van der Waals surface area contributed by atoms with Gasteiger partial charge in [0.25, 0.3) is 0 Å². The molecule has 8 heteroatoms. The Kier molecular flexibility index (Phi) is 10.3. The highest BCUT2D eigenvalue weighted by Crippen LogP contribution is 2.16. The van der Waals surface area contributed by atoms with Crippen LogP contribution in [0.4, 0.5) is 0 Å². The molecule has 7 nitrogen and oxygen atoms in total. The molecule has 3 rings (SSSR count). The van der Waals surface area contributed by atoms with Crippen LogP contribution in [0.1, 0.15) is 52.3 Å². The van der Waals surface area contributed by atoms with Gasteiger partial charge in [0.1, 0.15) is 17.1 Å². The maximum Gasteiger partial charge on any atom is 0.341 e. The van der Waals surface area contributed by atoms with E-state index in [4.69, 9.17) is 9.15 Å². The third-order valence-electron chi connectivity index (χ3n) is 5.37. The second-order valence-electron chi connectivity index (χ2n) is 7.61. The number of hydrogen-bond acceptors (Lipinski definition) is 5. The van der Waals surface area contributed by atoms with Crippen LogP contribution in [0.15, 0.2) is 39.7 Å². The lowest BCUT2D eigenvalue weighted by atomic mass is 10.1. The lowest BCUT2D eigenvalue weighted by Crippen LogP contribution is -2.36. The van der Waals surface area contributed by atoms with E-state index in [9.17, 15) is 4.79 Å². The highest BCUT2D eigenvalue weighted by Gasteiger charge is 2.15. The van der Waals surface area contributed by atoms with Gasteiger partial charge in [-0.05, 0) is 50.0 Å². The molecule has 0 amide bonds. The van der Waals surface area contributed by atoms with E-state index in [1.54, 1.807) is 20.0 Å². The Labute approximate surface area is 201 Å². The van der Waals surface area contributed by atoms with Gasteiger partial charge in [-0.1, -0.05) is 30.7 Å². The number of benzene rings is 1. The maximum absolute atomic E-state index is 11.7. The number of hydrogen-bond donors (Lipinski definition) is 2. The van der Waals surface area contributed by atoms with Crippen LogP contribution >= 0.6 is 24.0 Å². The summed E-state index contributed by atoms with van der Waals surface area (Å²) >= 11 is 0. The summed E-state index contributed by atoms with van der Waals surface area (Å²) in [4.78, 5) is 18.5. The number of guanidine groups is 1. The first-order valence-corrected chi connectivity index (χ1v) is 10.5. The molecule has 1 aromatic heterocycles. The summed E-state index contributed by atoms with van der Waals surface area (Å²) in [7, 11) is 3.09. The van der Waals surface area contributed by atoms with E-state index in [-0.39, 0.29) is 24.0 Å². The quantitative estimate of drug-likeness (QED) is 0.241. The SMILES string of the molecule is CN=C(NCc1ccc(CN2CCCCC2)cc1)NCc1cc(C(=O)OC)c(C)o1.I. The monoisotopic (exact) mass is 540 g/mol. The van der Waals surface area contributed by atoms with E-state index >= 15 is 0 Å². The van der Waals surface area contributed by atoms with Crippen LogP contribution in [0.5, 0.6) is 0 Å². The number of piperidine rings is 1. The van der Waals surface area contributed by atoms with Gasteiger partial charge >= 0.3 is 5.97 Å². The number of aliphatic imine (C=N–C) groups is 1. The van der Waals surface area contributed by atoms with Gasteiger partial charge in [0, 0.05) is 20.1 Å². The Morgan fingerprint density at radius 1 is 1.10 bits per heavy atom. The maximum atomic E-state index is 11.7. The van der Waals surface area contributed by atoms with Crippen molar-refractivity contribution in [1.29, 1.82) is 0 Å². The van der Waals surface area contributed by atoms with Gasteiger partial charge < -0.3 is 19.8 Å². The smallest absolute Gasteiger partial charge is 0.341 e. The molecule has 0 atom stereocenters. The highest BCUT2D eigenvalue weighted by molar-refractivity contribution is 14.0. The van der Waals surface area contributed by atoms with Crippen molar-refractivity contribution in [3.63, 3.8) is 0 Å². The summed E-state index contributed by atoms with van der Waals surface area (Å²) < 4.78 is 10.4. The molecule has 0 aliphatic carbocycles. The van der Waals surface area contributed by atoms with Crippen LogP contribution in [0.25, 0.3) is 0 Å². The molecule has 31 heavy (non-hydrogen) atoms. The number of likely N-dealkylation sites (tertiary alicyclic amines) is 1. The summed E-state index contributed by atoms with van der Waals surface area (Å²) in [6.45, 7) is 6.30. The number of methoxy groups -OCH3 is 1. The Morgan fingerprint density at radius 2 is 1.74 bits per heavy atom. The van der Waals surface area contributed by atoms with Gasteiger partial charge in [0.15, 0.2) is 5.96 Å². The number of carbonyl (C=O) groups excluding carboxylic acids is 1. The number of nitrogens with one attached hydrogen (secondary N) is 2. The molecule has 0 unspecified atom stereocenters. The van der Waals surface area contributed by atoms with E-state index in [1.807, 2.05) is 0 Å². The molecule has 1 fully saturated rings. The minimum Gasteiger partial charge on any atom is -0.465 e. The molecule has 0 bridgehead atoms. The van der Waals surface area contributed by atoms with Crippen molar-refractivity contribution >= 4 is 35.9 Å². The molecule has 170 valence electrons. The minimum atomic E-state index is -0.395. The summed E-state index contributed by atoms with van der Waals surface area (Å²) in [6.07, 6.45) is 3.99. The summed E-state index contributed by atoms with van der Waals surface area (Å²) in [5, 5.41) is 6.51. The summed E-state index contributed by atoms with van der Waals surface area (Å²) in [5.41, 5.74) is 3.00. The zero-order valence-corrected chi connectivity index (χ0v) is 20.9. The van der Waals surface area contributed by atoms with Crippen molar-refractivity contribution in [2.75, 3.05) is 27.2 Å². The third kappa shape index (κ3) is 7.53. The second-order valence-corrected chi connectivity index (χ2v) is 7.61. The number of rotatable bonds is 7. The van der Waals surface area contributed by atoms with E-state index in [0.29, 0.717) is 36.1 Å². The number of carbonyl (C=O) groups is 1. The first kappa shape index (κ1) is 25.2. The third-order valence-corrected chi connectivity index (χ3v) is 5.37. The predicted molar refractivity (Wildman–Crippen MR) is 133 cm³/mol. The molecule has 1 aliphatic rings. The molecule has 1 aliphatic heterocycles. The van der Waals surface area contributed by atoms with Crippen molar-refractivity contribution in [2.24, 2.45) is 4.99 Å². The average molecular weight is 540 g/mol. The fraction of sp³-hybridized carbons (Fsp3) is 0.478. The van der Waals surface area contributed by atoms with Crippen LogP contribution < -0.4 is 10.6 Å². The Morgan fingerprint density at radius 3 is 2.39 bits per heavy atom. The average Bonchev–Trinajstić information content (AvgIpc) is 3.15. The fourth-order valence-corrected chi connectivity index (χ4v) is 3.66. The van der Waals surface area contributed by atoms with E-state index in [2.05, 4.69) is 44.8 Å². The second kappa shape index (κ2) is 12.7. The standard InChI is InChI=1S/C23H32N4O3.HI/c1-17-21(22(28)29-3)13-20(30-17)15-26-23(24-2)25-14-18-7-9-19(10-8-18)16-27-11-5-4-6-12-27;/h7-10,13H,4-6,11-12,14-16H2,1-3H3,(H2,24,25,26);1H.